The normalized spacial score (nSPS) is 14.4. The number of rotatable bonds is 6. The van der Waals surface area contributed by atoms with Crippen molar-refractivity contribution in [2.24, 2.45) is 0 Å². The molecule has 0 saturated heterocycles. The summed E-state index contributed by atoms with van der Waals surface area (Å²) in [7, 11) is -3.72. The van der Waals surface area contributed by atoms with Crippen LogP contribution in [0.2, 0.25) is 0 Å². The second-order valence-corrected chi connectivity index (χ2v) is 9.84. The van der Waals surface area contributed by atoms with Crippen molar-refractivity contribution in [1.29, 1.82) is 0 Å². The first-order chi connectivity index (χ1) is 13.9. The molecule has 0 fully saturated rings. The minimum Gasteiger partial charge on any atom is -0.349 e. The van der Waals surface area contributed by atoms with Crippen LogP contribution in [-0.4, -0.2) is 26.9 Å². The van der Waals surface area contributed by atoms with E-state index in [0.29, 0.717) is 24.2 Å². The summed E-state index contributed by atoms with van der Waals surface area (Å²) in [4.78, 5) is 12.8. The Labute approximate surface area is 175 Å². The largest absolute Gasteiger partial charge is 0.349 e. The van der Waals surface area contributed by atoms with Crippen LogP contribution in [-0.2, 0) is 22.9 Å². The molecule has 1 aromatic heterocycles. The third-order valence-corrected chi connectivity index (χ3v) is 7.57. The number of fused-ring (bicyclic) bond motifs is 1. The lowest BCUT2D eigenvalue weighted by atomic mass is 10.1. The van der Waals surface area contributed by atoms with Crippen molar-refractivity contribution in [3.05, 3.63) is 82.0 Å². The van der Waals surface area contributed by atoms with Crippen LogP contribution in [0.15, 0.2) is 70.3 Å². The monoisotopic (exact) mass is 426 g/mol. The molecule has 1 unspecified atom stereocenters. The van der Waals surface area contributed by atoms with Gasteiger partial charge in [-0.15, -0.1) is 0 Å². The molecule has 2 heterocycles. The Kier molecular flexibility index (Phi) is 5.43. The first-order valence-electron chi connectivity index (χ1n) is 9.48. The molecule has 4 rings (SSSR count). The van der Waals surface area contributed by atoms with Gasteiger partial charge < -0.3 is 5.32 Å². The van der Waals surface area contributed by atoms with E-state index in [1.807, 2.05) is 42.6 Å². The van der Waals surface area contributed by atoms with Crippen LogP contribution in [0, 0.1) is 0 Å². The third kappa shape index (κ3) is 4.06. The van der Waals surface area contributed by atoms with Crippen LogP contribution in [0.3, 0.4) is 0 Å². The van der Waals surface area contributed by atoms with Crippen molar-refractivity contribution < 1.29 is 13.2 Å². The number of anilines is 1. The average Bonchev–Trinajstić information content (AvgIpc) is 3.37. The smallest absolute Gasteiger partial charge is 0.264 e. The number of hydrogen-bond donors (Lipinski definition) is 1. The van der Waals surface area contributed by atoms with Crippen LogP contribution >= 0.6 is 11.3 Å². The number of hydrogen-bond acceptors (Lipinski definition) is 4. The number of carbonyl (C=O) groups is 1. The molecule has 29 heavy (non-hydrogen) atoms. The van der Waals surface area contributed by atoms with Crippen molar-refractivity contribution in [3.63, 3.8) is 0 Å². The molecule has 1 atom stereocenters. The fourth-order valence-corrected chi connectivity index (χ4v) is 5.83. The second kappa shape index (κ2) is 8.00. The minimum absolute atomic E-state index is 0.0529. The fraction of sp³-hybridized carbons (Fsp3) is 0.227. The van der Waals surface area contributed by atoms with Gasteiger partial charge in [-0.2, -0.15) is 11.3 Å². The van der Waals surface area contributed by atoms with E-state index in [0.717, 1.165) is 12.0 Å². The Balaban J connectivity index is 1.53. The molecule has 0 radical (unpaired) electrons. The number of thiophene rings is 1. The second-order valence-electron chi connectivity index (χ2n) is 7.19. The molecule has 5 nitrogen and oxygen atoms in total. The lowest BCUT2D eigenvalue weighted by Crippen LogP contribution is -2.34. The zero-order chi connectivity index (χ0) is 20.4. The number of para-hydroxylation sites is 1. The van der Waals surface area contributed by atoms with Crippen molar-refractivity contribution in [3.8, 4) is 0 Å². The van der Waals surface area contributed by atoms with E-state index in [-0.39, 0.29) is 16.8 Å². The SMILES string of the molecule is CC(Cc1ccsc1)NC(=O)c1cccc(S(=O)(=O)N2CCc3ccccc32)c1. The highest BCUT2D eigenvalue weighted by Gasteiger charge is 2.31. The van der Waals surface area contributed by atoms with E-state index >= 15 is 0 Å². The number of carbonyl (C=O) groups excluding carboxylic acids is 1. The summed E-state index contributed by atoms with van der Waals surface area (Å²) >= 11 is 1.62. The molecule has 3 aromatic rings. The van der Waals surface area contributed by atoms with Crippen molar-refractivity contribution in [2.45, 2.75) is 30.7 Å². The first kappa shape index (κ1) is 19.7. The van der Waals surface area contributed by atoms with Gasteiger partial charge in [0.2, 0.25) is 0 Å². The van der Waals surface area contributed by atoms with Gasteiger partial charge in [0.05, 0.1) is 10.6 Å². The van der Waals surface area contributed by atoms with Gasteiger partial charge in [0, 0.05) is 18.2 Å². The Morgan fingerprint density at radius 2 is 2.00 bits per heavy atom. The summed E-state index contributed by atoms with van der Waals surface area (Å²) < 4.78 is 27.8. The highest BCUT2D eigenvalue weighted by molar-refractivity contribution is 7.92. The molecule has 2 aromatic carbocycles. The van der Waals surface area contributed by atoms with E-state index in [1.165, 1.54) is 15.9 Å². The molecule has 0 spiro atoms. The van der Waals surface area contributed by atoms with Crippen LogP contribution in [0.4, 0.5) is 5.69 Å². The summed E-state index contributed by atoms with van der Waals surface area (Å²) in [5.74, 6) is -0.272. The lowest BCUT2D eigenvalue weighted by molar-refractivity contribution is 0.0940. The predicted octanol–water partition coefficient (Wildman–Crippen LogP) is 3.86. The van der Waals surface area contributed by atoms with Crippen molar-refractivity contribution >= 4 is 33.0 Å². The number of benzene rings is 2. The highest BCUT2D eigenvalue weighted by atomic mass is 32.2. The molecular weight excluding hydrogens is 404 g/mol. The van der Waals surface area contributed by atoms with E-state index in [1.54, 1.807) is 29.5 Å². The van der Waals surface area contributed by atoms with Gasteiger partial charge in [0.15, 0.2) is 0 Å². The number of nitrogens with zero attached hydrogens (tertiary/aromatic N) is 1. The van der Waals surface area contributed by atoms with Gasteiger partial charge in [-0.1, -0.05) is 24.3 Å². The predicted molar refractivity (Wildman–Crippen MR) is 116 cm³/mol. The van der Waals surface area contributed by atoms with Crippen LogP contribution in [0.1, 0.15) is 28.4 Å². The van der Waals surface area contributed by atoms with Gasteiger partial charge in [-0.3, -0.25) is 9.10 Å². The van der Waals surface area contributed by atoms with Gasteiger partial charge in [-0.05, 0) is 72.0 Å². The summed E-state index contributed by atoms with van der Waals surface area (Å²) in [6.07, 6.45) is 1.42. The summed E-state index contributed by atoms with van der Waals surface area (Å²) in [6, 6.07) is 15.8. The number of sulfonamides is 1. The topological polar surface area (TPSA) is 66.5 Å². The summed E-state index contributed by atoms with van der Waals surface area (Å²) in [5, 5.41) is 7.02. The van der Waals surface area contributed by atoms with Gasteiger partial charge in [-0.25, -0.2) is 8.42 Å². The molecule has 150 valence electrons. The van der Waals surface area contributed by atoms with Gasteiger partial charge >= 0.3 is 0 Å². The van der Waals surface area contributed by atoms with E-state index in [4.69, 9.17) is 0 Å². The molecule has 1 aliphatic rings. The van der Waals surface area contributed by atoms with Gasteiger partial charge in [0.1, 0.15) is 0 Å². The maximum atomic E-state index is 13.2. The summed E-state index contributed by atoms with van der Waals surface area (Å²) in [6.45, 7) is 2.35. The summed E-state index contributed by atoms with van der Waals surface area (Å²) in [5.41, 5.74) is 3.25. The third-order valence-electron chi connectivity index (χ3n) is 5.03. The number of nitrogens with one attached hydrogen (secondary N) is 1. The van der Waals surface area contributed by atoms with E-state index in [9.17, 15) is 13.2 Å². The van der Waals surface area contributed by atoms with Crippen LogP contribution in [0.25, 0.3) is 0 Å². The van der Waals surface area contributed by atoms with Crippen LogP contribution < -0.4 is 9.62 Å². The van der Waals surface area contributed by atoms with E-state index < -0.39 is 10.0 Å². The van der Waals surface area contributed by atoms with Gasteiger partial charge in [0.25, 0.3) is 15.9 Å². The maximum Gasteiger partial charge on any atom is 0.264 e. The molecule has 1 N–H and O–H groups in total. The molecule has 1 amide bonds. The van der Waals surface area contributed by atoms with Crippen molar-refractivity contribution in [2.75, 3.05) is 10.8 Å². The van der Waals surface area contributed by atoms with E-state index in [2.05, 4.69) is 10.7 Å². The Morgan fingerprint density at radius 3 is 2.79 bits per heavy atom. The quantitative estimate of drug-likeness (QED) is 0.651. The number of amides is 1. The molecule has 0 saturated carbocycles. The molecular formula is C22H22N2O3S2. The fourth-order valence-electron chi connectivity index (χ4n) is 3.60. The zero-order valence-corrected chi connectivity index (χ0v) is 17.7. The van der Waals surface area contributed by atoms with Crippen LogP contribution in [0.5, 0.6) is 0 Å². The molecule has 0 bridgehead atoms. The Hall–Kier alpha value is -2.64. The molecule has 0 aliphatic carbocycles. The Bertz CT molecular complexity index is 1120. The zero-order valence-electron chi connectivity index (χ0n) is 16.0. The lowest BCUT2D eigenvalue weighted by Gasteiger charge is -2.20. The Morgan fingerprint density at radius 1 is 1.17 bits per heavy atom. The standard InChI is InChI=1S/C22H22N2O3S2/c1-16(13-17-10-12-28-15-17)23-22(25)19-6-4-7-20(14-19)29(26,27)24-11-9-18-5-2-3-8-21(18)24/h2-8,10,12,14-16H,9,11,13H2,1H3,(H,23,25). The average molecular weight is 427 g/mol. The molecule has 1 aliphatic heterocycles. The molecule has 7 heteroatoms. The van der Waals surface area contributed by atoms with Crippen molar-refractivity contribution in [1.82, 2.24) is 5.32 Å². The first-order valence-corrected chi connectivity index (χ1v) is 11.9. The highest BCUT2D eigenvalue weighted by Crippen LogP contribution is 2.32. The maximum absolute atomic E-state index is 13.2. The minimum atomic E-state index is -3.72.